The second-order valence-corrected chi connectivity index (χ2v) is 7.07. The molecule has 0 amide bonds. The van der Waals surface area contributed by atoms with E-state index in [2.05, 4.69) is 10.3 Å². The lowest BCUT2D eigenvalue weighted by Crippen LogP contribution is -2.48. The van der Waals surface area contributed by atoms with Crippen LogP contribution in [0.25, 0.3) is 10.9 Å². The number of Topliss-reactive ketones (excluding diaryl/α,β-unsaturated/α-hetero) is 1. The average Bonchev–Trinajstić information content (AvgIpc) is 2.61. The van der Waals surface area contributed by atoms with Crippen molar-refractivity contribution in [1.29, 1.82) is 0 Å². The molecule has 1 aliphatic rings. The summed E-state index contributed by atoms with van der Waals surface area (Å²) in [5.74, 6) is -0.524. The van der Waals surface area contributed by atoms with Crippen molar-refractivity contribution in [3.05, 3.63) is 33.8 Å². The molecule has 7 nitrogen and oxygen atoms in total. The van der Waals surface area contributed by atoms with E-state index < -0.39 is 0 Å². The van der Waals surface area contributed by atoms with E-state index in [0.717, 1.165) is 13.0 Å². The molecule has 3 rings (SSSR count). The van der Waals surface area contributed by atoms with Gasteiger partial charge in [-0.15, -0.1) is 0 Å². The van der Waals surface area contributed by atoms with E-state index in [4.69, 9.17) is 24.2 Å². The van der Waals surface area contributed by atoms with Gasteiger partial charge in [-0.05, 0) is 31.5 Å². The molecule has 1 aliphatic heterocycles. The fraction of sp³-hybridized carbons (Fsp3) is 0.444. The Labute approximate surface area is 162 Å². The highest BCUT2D eigenvalue weighted by molar-refractivity contribution is 6.45. The monoisotopic (exact) mass is 387 g/mol. The van der Waals surface area contributed by atoms with E-state index in [1.165, 1.54) is 30.0 Å². The van der Waals surface area contributed by atoms with Gasteiger partial charge in [0.15, 0.2) is 5.78 Å². The highest BCUT2D eigenvalue weighted by atomic mass is 35.5. The fourth-order valence-corrected chi connectivity index (χ4v) is 3.45. The number of benzene rings is 1. The highest BCUT2D eigenvalue weighted by Gasteiger charge is 2.29. The Morgan fingerprint density at radius 2 is 2.22 bits per heavy atom. The SMILES string of the molecule is [B]c1cc2ncn(CC(=O)C[C@H]3NCCC[C@@H]3OC(C)=O)c(=O)c2cc1Cl. The van der Waals surface area contributed by atoms with Gasteiger partial charge in [-0.2, -0.15) is 0 Å². The van der Waals surface area contributed by atoms with Gasteiger partial charge in [0.05, 0.1) is 29.8 Å². The number of fused-ring (bicyclic) bond motifs is 1. The number of carbonyl (C=O) groups is 2. The number of halogens is 1. The molecule has 1 saturated heterocycles. The summed E-state index contributed by atoms with van der Waals surface area (Å²) < 4.78 is 6.55. The third-order valence-corrected chi connectivity index (χ3v) is 4.90. The van der Waals surface area contributed by atoms with E-state index in [1.807, 2.05) is 0 Å². The van der Waals surface area contributed by atoms with E-state index in [1.54, 1.807) is 0 Å². The minimum absolute atomic E-state index is 0.116. The number of ether oxygens (including phenoxy) is 1. The molecule has 1 fully saturated rings. The van der Waals surface area contributed by atoms with E-state index in [9.17, 15) is 14.4 Å². The first-order chi connectivity index (χ1) is 12.8. The zero-order valence-corrected chi connectivity index (χ0v) is 15.7. The van der Waals surface area contributed by atoms with Crippen LogP contribution in [0.2, 0.25) is 5.02 Å². The number of aromatic nitrogens is 2. The third kappa shape index (κ3) is 4.57. The highest BCUT2D eigenvalue weighted by Crippen LogP contribution is 2.16. The normalized spacial score (nSPS) is 19.8. The second kappa shape index (κ2) is 8.23. The van der Waals surface area contributed by atoms with Gasteiger partial charge in [-0.1, -0.05) is 17.1 Å². The molecular formula is C18H19BClN3O4. The van der Waals surface area contributed by atoms with Crippen LogP contribution in [0.3, 0.4) is 0 Å². The fourth-order valence-electron chi connectivity index (χ4n) is 3.29. The first kappa shape index (κ1) is 19.6. The van der Waals surface area contributed by atoms with Crippen LogP contribution >= 0.6 is 11.6 Å². The Hall–Kier alpha value is -2.19. The van der Waals surface area contributed by atoms with Gasteiger partial charge in [-0.25, -0.2) is 4.98 Å². The lowest BCUT2D eigenvalue weighted by atomic mass is 9.95. The van der Waals surface area contributed by atoms with Crippen molar-refractivity contribution in [1.82, 2.24) is 14.9 Å². The lowest BCUT2D eigenvalue weighted by molar-refractivity contribution is -0.150. The van der Waals surface area contributed by atoms with Gasteiger partial charge in [0.1, 0.15) is 14.0 Å². The number of nitrogens with zero attached hydrogens (tertiary/aromatic N) is 2. The number of hydrogen-bond donors (Lipinski definition) is 1. The molecule has 2 atom stereocenters. The lowest BCUT2D eigenvalue weighted by Gasteiger charge is -2.31. The number of hydrogen-bond acceptors (Lipinski definition) is 6. The van der Waals surface area contributed by atoms with Gasteiger partial charge in [-0.3, -0.25) is 19.0 Å². The largest absolute Gasteiger partial charge is 0.461 e. The van der Waals surface area contributed by atoms with E-state index in [0.29, 0.717) is 22.8 Å². The summed E-state index contributed by atoms with van der Waals surface area (Å²) in [6, 6.07) is 2.73. The number of ketones is 1. The van der Waals surface area contributed by atoms with Crippen LogP contribution in [0.4, 0.5) is 0 Å². The topological polar surface area (TPSA) is 90.3 Å². The van der Waals surface area contributed by atoms with E-state index >= 15 is 0 Å². The van der Waals surface area contributed by atoms with Crippen molar-refractivity contribution in [2.24, 2.45) is 0 Å². The molecule has 1 N–H and O–H groups in total. The Morgan fingerprint density at radius 1 is 1.44 bits per heavy atom. The number of nitrogens with one attached hydrogen (secondary N) is 1. The average molecular weight is 388 g/mol. The summed E-state index contributed by atoms with van der Waals surface area (Å²) in [4.78, 5) is 40.6. The summed E-state index contributed by atoms with van der Waals surface area (Å²) in [6.45, 7) is 1.99. The molecule has 9 heteroatoms. The van der Waals surface area contributed by atoms with Gasteiger partial charge in [0, 0.05) is 18.4 Å². The Kier molecular flexibility index (Phi) is 5.96. The summed E-state index contributed by atoms with van der Waals surface area (Å²) >= 11 is 5.99. The van der Waals surface area contributed by atoms with Crippen molar-refractivity contribution in [2.75, 3.05) is 6.54 Å². The molecule has 1 aromatic heterocycles. The maximum absolute atomic E-state index is 12.6. The van der Waals surface area contributed by atoms with Gasteiger partial charge < -0.3 is 10.1 Å². The third-order valence-electron chi connectivity index (χ3n) is 4.57. The molecule has 0 bridgehead atoms. The Balaban J connectivity index is 1.75. The van der Waals surface area contributed by atoms with Crippen LogP contribution in [-0.2, 0) is 20.9 Å². The summed E-state index contributed by atoms with van der Waals surface area (Å²) in [5.41, 5.74) is 0.405. The molecule has 27 heavy (non-hydrogen) atoms. The predicted molar refractivity (Wildman–Crippen MR) is 103 cm³/mol. The molecule has 2 aromatic rings. The smallest absolute Gasteiger partial charge is 0.302 e. The quantitative estimate of drug-likeness (QED) is 0.593. The molecule has 140 valence electrons. The Bertz CT molecular complexity index is 946. The van der Waals surface area contributed by atoms with Crippen molar-refractivity contribution in [2.45, 2.75) is 44.9 Å². The van der Waals surface area contributed by atoms with Crippen LogP contribution < -0.4 is 16.3 Å². The van der Waals surface area contributed by atoms with Crippen molar-refractivity contribution < 1.29 is 14.3 Å². The van der Waals surface area contributed by atoms with Crippen molar-refractivity contribution in [3.63, 3.8) is 0 Å². The van der Waals surface area contributed by atoms with Crippen LogP contribution in [0.5, 0.6) is 0 Å². The first-order valence-corrected chi connectivity index (χ1v) is 9.09. The number of rotatable bonds is 5. The molecule has 1 aromatic carbocycles. The zero-order chi connectivity index (χ0) is 19.6. The Morgan fingerprint density at radius 3 is 2.96 bits per heavy atom. The van der Waals surface area contributed by atoms with Crippen molar-refractivity contribution in [3.8, 4) is 0 Å². The maximum atomic E-state index is 12.6. The van der Waals surface area contributed by atoms with Crippen LogP contribution in [-0.4, -0.2) is 47.8 Å². The van der Waals surface area contributed by atoms with Gasteiger partial charge in [0.2, 0.25) is 0 Å². The standard InChI is InChI=1S/C18H19BClN3O4/c1-10(24)27-17-3-2-4-21-16(17)5-11(25)8-23-9-22-15-7-13(19)14(20)6-12(15)18(23)26/h6-7,9,16-17,21H,2-5,8H2,1H3/t16-,17+/m1/s1. The summed E-state index contributed by atoms with van der Waals surface area (Å²) in [5, 5.41) is 3.79. The van der Waals surface area contributed by atoms with Gasteiger partial charge in [0.25, 0.3) is 5.56 Å². The maximum Gasteiger partial charge on any atom is 0.302 e. The second-order valence-electron chi connectivity index (χ2n) is 6.66. The number of piperidine rings is 1. The van der Waals surface area contributed by atoms with Crippen LogP contribution in [0.15, 0.2) is 23.3 Å². The first-order valence-electron chi connectivity index (χ1n) is 8.71. The van der Waals surface area contributed by atoms with E-state index in [-0.39, 0.29) is 47.4 Å². The number of esters is 1. The molecule has 0 aliphatic carbocycles. The van der Waals surface area contributed by atoms with Crippen LogP contribution in [0.1, 0.15) is 26.2 Å². The van der Waals surface area contributed by atoms with Crippen molar-refractivity contribution >= 4 is 47.6 Å². The minimum atomic E-state index is -0.368. The number of carbonyl (C=O) groups excluding carboxylic acids is 2. The molecule has 0 unspecified atom stereocenters. The zero-order valence-electron chi connectivity index (χ0n) is 14.9. The van der Waals surface area contributed by atoms with Gasteiger partial charge >= 0.3 is 5.97 Å². The molecule has 2 radical (unpaired) electrons. The molecule has 0 spiro atoms. The molecule has 0 saturated carbocycles. The van der Waals surface area contributed by atoms with Crippen LogP contribution in [0, 0.1) is 0 Å². The summed E-state index contributed by atoms with van der Waals surface area (Å²) in [7, 11) is 5.73. The summed E-state index contributed by atoms with van der Waals surface area (Å²) in [6.07, 6.45) is 2.73. The predicted octanol–water partition coefficient (Wildman–Crippen LogP) is 0.487. The molecule has 2 heterocycles. The molecular weight excluding hydrogens is 368 g/mol. The minimum Gasteiger partial charge on any atom is -0.461 e.